The average Bonchev–Trinajstić information content (AvgIpc) is 2.16. The van der Waals surface area contributed by atoms with Gasteiger partial charge in [0.1, 0.15) is 11.5 Å². The van der Waals surface area contributed by atoms with Crippen LogP contribution < -0.4 is 4.74 Å². The van der Waals surface area contributed by atoms with Crippen LogP contribution in [0.15, 0.2) is 18.2 Å². The summed E-state index contributed by atoms with van der Waals surface area (Å²) in [5.41, 5.74) is 0.898. The predicted octanol–water partition coefficient (Wildman–Crippen LogP) is 1.51. The molecule has 0 radical (unpaired) electrons. The number of hydrogen-bond acceptors (Lipinski definition) is 4. The number of rotatable bonds is 2. The van der Waals surface area contributed by atoms with E-state index in [1.165, 1.54) is 6.07 Å². The molecule has 1 aliphatic heterocycles. The van der Waals surface area contributed by atoms with Crippen molar-refractivity contribution in [2.45, 2.75) is 6.42 Å². The van der Waals surface area contributed by atoms with Crippen LogP contribution in [0.5, 0.6) is 11.5 Å². The molecule has 1 aromatic carbocycles. The van der Waals surface area contributed by atoms with E-state index in [0.717, 1.165) is 5.56 Å². The van der Waals surface area contributed by atoms with Gasteiger partial charge in [-0.3, -0.25) is 0 Å². The molecule has 0 aliphatic carbocycles. The van der Waals surface area contributed by atoms with Crippen LogP contribution in [0.25, 0.3) is 0 Å². The maximum atomic E-state index is 10.9. The smallest absolute Gasteiger partial charge is 0.233 e. The van der Waals surface area contributed by atoms with Gasteiger partial charge >= 0.3 is 0 Å². The summed E-state index contributed by atoms with van der Waals surface area (Å²) in [6.07, 6.45) is 0.599. The van der Waals surface area contributed by atoms with Crippen LogP contribution in [0.3, 0.4) is 0 Å². The molecule has 6 heteroatoms. The normalized spacial score (nSPS) is 19.9. The third kappa shape index (κ3) is 2.80. The van der Waals surface area contributed by atoms with Gasteiger partial charge in [0.05, 0.1) is 12.4 Å². The van der Waals surface area contributed by atoms with Gasteiger partial charge in [-0.05, 0) is 18.1 Å². The van der Waals surface area contributed by atoms with Crippen molar-refractivity contribution in [3.63, 3.8) is 0 Å². The van der Waals surface area contributed by atoms with Gasteiger partial charge in [-0.15, -0.1) is 0 Å². The molecule has 16 heavy (non-hydrogen) atoms. The van der Waals surface area contributed by atoms with Crippen molar-refractivity contribution in [2.24, 2.45) is 5.92 Å². The monoisotopic (exact) mass is 262 g/mol. The molecular formula is C10H11ClO4S. The highest BCUT2D eigenvalue weighted by atomic mass is 35.7. The van der Waals surface area contributed by atoms with E-state index in [1.54, 1.807) is 12.1 Å². The Morgan fingerprint density at radius 1 is 1.50 bits per heavy atom. The van der Waals surface area contributed by atoms with E-state index in [9.17, 15) is 13.5 Å². The summed E-state index contributed by atoms with van der Waals surface area (Å²) in [6, 6.07) is 4.82. The van der Waals surface area contributed by atoms with E-state index in [-0.39, 0.29) is 17.4 Å². The lowest BCUT2D eigenvalue weighted by Crippen LogP contribution is -2.26. The Balaban J connectivity index is 2.15. The first-order chi connectivity index (χ1) is 7.44. The number of fused-ring (bicyclic) bond motifs is 1. The molecule has 0 saturated heterocycles. The highest BCUT2D eigenvalue weighted by molar-refractivity contribution is 8.13. The molecule has 1 unspecified atom stereocenters. The van der Waals surface area contributed by atoms with Gasteiger partial charge in [-0.1, -0.05) is 6.07 Å². The summed E-state index contributed by atoms with van der Waals surface area (Å²) in [4.78, 5) is 0. The minimum Gasteiger partial charge on any atom is -0.508 e. The molecule has 1 N–H and O–H groups in total. The van der Waals surface area contributed by atoms with Crippen molar-refractivity contribution in [1.82, 2.24) is 0 Å². The molecule has 88 valence electrons. The minimum absolute atomic E-state index is 0.0884. The van der Waals surface area contributed by atoms with E-state index in [1.807, 2.05) is 0 Å². The molecule has 0 saturated carbocycles. The molecule has 1 heterocycles. The summed E-state index contributed by atoms with van der Waals surface area (Å²) >= 11 is 0. The van der Waals surface area contributed by atoms with E-state index >= 15 is 0 Å². The summed E-state index contributed by atoms with van der Waals surface area (Å²) in [6.45, 7) is 0.308. The average molecular weight is 263 g/mol. The Labute approximate surface area is 98.2 Å². The van der Waals surface area contributed by atoms with Crippen LogP contribution in [-0.2, 0) is 15.5 Å². The molecule has 4 nitrogen and oxygen atoms in total. The molecule has 0 bridgehead atoms. The SMILES string of the molecule is O=S(=O)(Cl)CC1COc2cc(O)ccc2C1. The number of halogens is 1. The third-order valence-corrected chi connectivity index (χ3v) is 3.72. The van der Waals surface area contributed by atoms with Crippen molar-refractivity contribution in [3.8, 4) is 11.5 Å². The summed E-state index contributed by atoms with van der Waals surface area (Å²) in [7, 11) is 1.70. The van der Waals surface area contributed by atoms with Gasteiger partial charge in [0.25, 0.3) is 0 Å². The number of phenolic OH excluding ortho intramolecular Hbond substituents is 1. The van der Waals surface area contributed by atoms with Crippen LogP contribution in [0, 0.1) is 5.92 Å². The summed E-state index contributed by atoms with van der Waals surface area (Å²) < 4.78 is 27.3. The van der Waals surface area contributed by atoms with Crippen molar-refractivity contribution in [1.29, 1.82) is 0 Å². The van der Waals surface area contributed by atoms with Crippen LogP contribution >= 0.6 is 10.7 Å². The second kappa shape index (κ2) is 4.14. The van der Waals surface area contributed by atoms with E-state index in [0.29, 0.717) is 18.8 Å². The predicted molar refractivity (Wildman–Crippen MR) is 60.4 cm³/mol. The second-order valence-electron chi connectivity index (χ2n) is 3.88. The Kier molecular flexibility index (Phi) is 2.99. The highest BCUT2D eigenvalue weighted by Crippen LogP contribution is 2.31. The van der Waals surface area contributed by atoms with Crippen LogP contribution in [-0.4, -0.2) is 25.9 Å². The fraction of sp³-hybridized carbons (Fsp3) is 0.400. The van der Waals surface area contributed by atoms with Gasteiger partial charge in [-0.25, -0.2) is 8.42 Å². The van der Waals surface area contributed by atoms with E-state index in [4.69, 9.17) is 15.4 Å². The van der Waals surface area contributed by atoms with Crippen molar-refractivity contribution in [2.75, 3.05) is 12.4 Å². The first-order valence-electron chi connectivity index (χ1n) is 4.81. The van der Waals surface area contributed by atoms with E-state index < -0.39 is 9.05 Å². The van der Waals surface area contributed by atoms with Gasteiger partial charge < -0.3 is 9.84 Å². The fourth-order valence-electron chi connectivity index (χ4n) is 1.81. The molecule has 0 aromatic heterocycles. The van der Waals surface area contributed by atoms with Gasteiger partial charge in [0.15, 0.2) is 0 Å². The number of phenols is 1. The molecule has 1 aromatic rings. The van der Waals surface area contributed by atoms with E-state index in [2.05, 4.69) is 0 Å². The molecule has 0 fully saturated rings. The number of ether oxygens (including phenoxy) is 1. The largest absolute Gasteiger partial charge is 0.508 e. The number of aromatic hydroxyl groups is 1. The molecular weight excluding hydrogens is 252 g/mol. The number of hydrogen-bond donors (Lipinski definition) is 1. The molecule has 0 amide bonds. The first kappa shape index (κ1) is 11.5. The Morgan fingerprint density at radius 3 is 2.94 bits per heavy atom. The minimum atomic E-state index is -3.49. The number of benzene rings is 1. The highest BCUT2D eigenvalue weighted by Gasteiger charge is 2.24. The molecule has 1 aliphatic rings. The second-order valence-corrected chi connectivity index (χ2v) is 6.70. The maximum absolute atomic E-state index is 10.9. The Morgan fingerprint density at radius 2 is 2.25 bits per heavy atom. The van der Waals surface area contributed by atoms with Gasteiger partial charge in [0, 0.05) is 22.7 Å². The Bertz CT molecular complexity index is 498. The van der Waals surface area contributed by atoms with Gasteiger partial charge in [-0.2, -0.15) is 0 Å². The third-order valence-electron chi connectivity index (χ3n) is 2.47. The maximum Gasteiger partial charge on any atom is 0.233 e. The quantitative estimate of drug-likeness (QED) is 0.821. The zero-order valence-corrected chi connectivity index (χ0v) is 9.96. The lowest BCUT2D eigenvalue weighted by Gasteiger charge is -2.24. The van der Waals surface area contributed by atoms with Crippen molar-refractivity contribution < 1.29 is 18.3 Å². The van der Waals surface area contributed by atoms with Crippen molar-refractivity contribution in [3.05, 3.63) is 23.8 Å². The molecule has 2 rings (SSSR count). The fourth-order valence-corrected chi connectivity index (χ4v) is 3.12. The topological polar surface area (TPSA) is 63.6 Å². The van der Waals surface area contributed by atoms with Gasteiger partial charge in [0.2, 0.25) is 9.05 Å². The summed E-state index contributed by atoms with van der Waals surface area (Å²) in [5.74, 6) is 0.541. The molecule has 0 spiro atoms. The summed E-state index contributed by atoms with van der Waals surface area (Å²) in [5, 5.41) is 9.24. The lowest BCUT2D eigenvalue weighted by molar-refractivity contribution is 0.234. The standard InChI is InChI=1S/C10H11ClO4S/c11-16(13,14)6-7-3-8-1-2-9(12)4-10(8)15-5-7/h1-2,4,7,12H,3,5-6H2. The first-order valence-corrected chi connectivity index (χ1v) is 7.29. The zero-order chi connectivity index (χ0) is 11.8. The zero-order valence-electron chi connectivity index (χ0n) is 8.39. The van der Waals surface area contributed by atoms with Crippen LogP contribution in [0.2, 0.25) is 0 Å². The van der Waals surface area contributed by atoms with Crippen LogP contribution in [0.4, 0.5) is 0 Å². The van der Waals surface area contributed by atoms with Crippen LogP contribution in [0.1, 0.15) is 5.56 Å². The van der Waals surface area contributed by atoms with Crippen molar-refractivity contribution >= 4 is 19.7 Å². The molecule has 1 atom stereocenters. The lowest BCUT2D eigenvalue weighted by atomic mass is 9.98. The Hall–Kier alpha value is -0.940.